The van der Waals surface area contributed by atoms with Crippen molar-refractivity contribution in [2.24, 2.45) is 0 Å². The van der Waals surface area contributed by atoms with E-state index in [1.165, 1.54) is 0 Å². The van der Waals surface area contributed by atoms with Crippen LogP contribution in [0.3, 0.4) is 0 Å². The van der Waals surface area contributed by atoms with Crippen molar-refractivity contribution in [3.05, 3.63) is 6.42 Å². The van der Waals surface area contributed by atoms with Crippen LogP contribution in [0, 0.1) is 6.42 Å². The van der Waals surface area contributed by atoms with E-state index in [4.69, 9.17) is 34.8 Å². The Morgan fingerprint density at radius 1 is 1.08 bits per heavy atom. The van der Waals surface area contributed by atoms with Gasteiger partial charge in [-0.3, -0.25) is 0 Å². The molecule has 3 heteroatoms. The molecule has 0 aromatic rings. The predicted molar refractivity (Wildman–Crippen MR) is 58.5 cm³/mol. The molecule has 73 valence electrons. The molecule has 0 aliphatic rings. The molecule has 12 heavy (non-hydrogen) atoms. The van der Waals surface area contributed by atoms with Crippen LogP contribution in [0.15, 0.2) is 0 Å². The Morgan fingerprint density at radius 2 is 1.50 bits per heavy atom. The molecule has 0 saturated carbocycles. The molecule has 0 fully saturated rings. The summed E-state index contributed by atoms with van der Waals surface area (Å²) in [5, 5.41) is 0. The molecule has 0 aromatic carbocycles. The van der Waals surface area contributed by atoms with E-state index >= 15 is 0 Å². The van der Waals surface area contributed by atoms with Crippen molar-refractivity contribution in [3.63, 3.8) is 0 Å². The molecule has 0 unspecified atom stereocenters. The largest absolute Gasteiger partial charge is 0.127 e. The van der Waals surface area contributed by atoms with Crippen molar-refractivity contribution in [2.75, 3.05) is 11.8 Å². The topological polar surface area (TPSA) is 0 Å². The van der Waals surface area contributed by atoms with Crippen molar-refractivity contribution >= 4 is 34.8 Å². The molecule has 0 rings (SSSR count). The number of rotatable bonds is 7. The van der Waals surface area contributed by atoms with Gasteiger partial charge in [-0.05, 0) is 32.1 Å². The van der Waals surface area contributed by atoms with Crippen LogP contribution < -0.4 is 0 Å². The Bertz CT molecular complexity index is 95.9. The van der Waals surface area contributed by atoms with Crippen LogP contribution in [0.4, 0.5) is 0 Å². The lowest BCUT2D eigenvalue weighted by molar-refractivity contribution is 0.537. The highest BCUT2D eigenvalue weighted by Gasteiger charge is 2.23. The van der Waals surface area contributed by atoms with Crippen LogP contribution in [-0.4, -0.2) is 16.6 Å². The Balaban J connectivity index is 3.70. The van der Waals surface area contributed by atoms with E-state index in [0.717, 1.165) is 25.7 Å². The highest BCUT2D eigenvalue weighted by Crippen LogP contribution is 2.30. The van der Waals surface area contributed by atoms with Crippen LogP contribution >= 0.6 is 34.8 Å². The second-order valence-electron chi connectivity index (χ2n) is 2.91. The van der Waals surface area contributed by atoms with E-state index in [-0.39, 0.29) is 4.87 Å². The van der Waals surface area contributed by atoms with Gasteiger partial charge < -0.3 is 0 Å². The highest BCUT2D eigenvalue weighted by atomic mass is 35.5. The maximum absolute atomic E-state index is 6.31. The van der Waals surface area contributed by atoms with Gasteiger partial charge in [0, 0.05) is 16.6 Å². The van der Waals surface area contributed by atoms with E-state index < -0.39 is 0 Å². The quantitative estimate of drug-likeness (QED) is 0.574. The second kappa shape index (κ2) is 7.29. The predicted octanol–water partition coefficient (Wildman–Crippen LogP) is 4.23. The maximum Gasteiger partial charge on any atom is 0.0476 e. The molecule has 0 N–H and O–H groups in total. The van der Waals surface area contributed by atoms with Gasteiger partial charge in [-0.2, -0.15) is 0 Å². The molecule has 0 atom stereocenters. The second-order valence-corrected chi connectivity index (χ2v) is 4.42. The van der Waals surface area contributed by atoms with Crippen molar-refractivity contribution < 1.29 is 0 Å². The zero-order chi connectivity index (χ0) is 9.45. The van der Waals surface area contributed by atoms with Crippen molar-refractivity contribution in [2.45, 2.75) is 37.5 Å². The van der Waals surface area contributed by atoms with Crippen LogP contribution in [0.5, 0.6) is 0 Å². The first-order valence-electron chi connectivity index (χ1n) is 4.30. The third-order valence-corrected chi connectivity index (χ3v) is 3.10. The van der Waals surface area contributed by atoms with Crippen molar-refractivity contribution in [1.82, 2.24) is 0 Å². The molecule has 0 bridgehead atoms. The minimum atomic E-state index is -0.177. The van der Waals surface area contributed by atoms with E-state index in [1.54, 1.807) is 0 Å². The summed E-state index contributed by atoms with van der Waals surface area (Å²) >= 11 is 17.5. The number of alkyl halides is 3. The molecule has 1 radical (unpaired) electrons. The van der Waals surface area contributed by atoms with Gasteiger partial charge in [-0.15, -0.1) is 34.8 Å². The van der Waals surface area contributed by atoms with Gasteiger partial charge in [-0.1, -0.05) is 6.92 Å². The molecule has 0 amide bonds. The Kier molecular flexibility index (Phi) is 7.82. The summed E-state index contributed by atoms with van der Waals surface area (Å²) in [7, 11) is 0. The zero-order valence-corrected chi connectivity index (χ0v) is 9.72. The molecule has 0 nitrogen and oxygen atoms in total. The fraction of sp³-hybridized carbons (Fsp3) is 0.889. The number of halogens is 3. The third-order valence-electron chi connectivity index (χ3n) is 1.97. The molecule has 0 aliphatic carbocycles. The van der Waals surface area contributed by atoms with Crippen molar-refractivity contribution in [3.8, 4) is 0 Å². The molecule has 0 aromatic heterocycles. The van der Waals surface area contributed by atoms with E-state index in [9.17, 15) is 0 Å². The minimum absolute atomic E-state index is 0.177. The van der Waals surface area contributed by atoms with Crippen molar-refractivity contribution in [1.29, 1.82) is 0 Å². The normalized spacial score (nSPS) is 12.0. The van der Waals surface area contributed by atoms with Gasteiger partial charge in [0.15, 0.2) is 0 Å². The first-order valence-corrected chi connectivity index (χ1v) is 5.74. The van der Waals surface area contributed by atoms with Gasteiger partial charge in [0.1, 0.15) is 0 Å². The lowest BCUT2D eigenvalue weighted by atomic mass is 9.94. The number of hydrogen-bond donors (Lipinski definition) is 0. The zero-order valence-electron chi connectivity index (χ0n) is 7.45. The lowest BCUT2D eigenvalue weighted by Crippen LogP contribution is -2.21. The van der Waals surface area contributed by atoms with E-state index in [1.807, 2.05) is 13.3 Å². The summed E-state index contributed by atoms with van der Waals surface area (Å²) in [5.41, 5.74) is 0. The van der Waals surface area contributed by atoms with Crippen LogP contribution in [-0.2, 0) is 0 Å². The van der Waals surface area contributed by atoms with Gasteiger partial charge in [0.2, 0.25) is 0 Å². The highest BCUT2D eigenvalue weighted by molar-refractivity contribution is 6.25. The van der Waals surface area contributed by atoms with Crippen LogP contribution in [0.2, 0.25) is 0 Å². The molecule has 0 spiro atoms. The standard InChI is InChI=1S/C9H16Cl3/c1-2-9(12,5-3-7-10)6-4-8-11/h2H,3-8H2,1H3. The average molecular weight is 231 g/mol. The summed E-state index contributed by atoms with van der Waals surface area (Å²) in [6.07, 6.45) is 5.89. The smallest absolute Gasteiger partial charge is 0.0476 e. The fourth-order valence-corrected chi connectivity index (χ4v) is 1.67. The summed E-state index contributed by atoms with van der Waals surface area (Å²) < 4.78 is 0. The summed E-state index contributed by atoms with van der Waals surface area (Å²) in [6.45, 7) is 2.00. The summed E-state index contributed by atoms with van der Waals surface area (Å²) in [6, 6.07) is 0. The molecule has 0 aliphatic heterocycles. The van der Waals surface area contributed by atoms with E-state index in [2.05, 4.69) is 0 Å². The SMILES string of the molecule is C[CH]C(Cl)(CCCCl)CCCCl. The van der Waals surface area contributed by atoms with E-state index in [0.29, 0.717) is 11.8 Å². The molecular formula is C9H16Cl3. The fourth-order valence-electron chi connectivity index (χ4n) is 1.14. The maximum atomic E-state index is 6.31. The summed E-state index contributed by atoms with van der Waals surface area (Å²) in [4.78, 5) is -0.177. The van der Waals surface area contributed by atoms with Gasteiger partial charge >= 0.3 is 0 Å². The van der Waals surface area contributed by atoms with Gasteiger partial charge in [0.05, 0.1) is 0 Å². The van der Waals surface area contributed by atoms with Gasteiger partial charge in [-0.25, -0.2) is 0 Å². The Labute approximate surface area is 90.6 Å². The lowest BCUT2D eigenvalue weighted by Gasteiger charge is -2.24. The van der Waals surface area contributed by atoms with Crippen LogP contribution in [0.25, 0.3) is 0 Å². The first kappa shape index (κ1) is 12.9. The van der Waals surface area contributed by atoms with Crippen LogP contribution in [0.1, 0.15) is 32.6 Å². The third kappa shape index (κ3) is 5.50. The minimum Gasteiger partial charge on any atom is -0.127 e. The molecule has 0 saturated heterocycles. The first-order chi connectivity index (χ1) is 5.68. The number of hydrogen-bond acceptors (Lipinski definition) is 0. The summed E-state index contributed by atoms with van der Waals surface area (Å²) in [5.74, 6) is 1.37. The molecule has 0 heterocycles. The monoisotopic (exact) mass is 229 g/mol. The Hall–Kier alpha value is 0.870. The average Bonchev–Trinajstić information content (AvgIpc) is 2.11. The molecular weight excluding hydrogens is 214 g/mol. The van der Waals surface area contributed by atoms with Gasteiger partial charge in [0.25, 0.3) is 0 Å². The Morgan fingerprint density at radius 3 is 1.75 bits per heavy atom.